The summed E-state index contributed by atoms with van der Waals surface area (Å²) in [4.78, 5) is 4.95. The maximum absolute atomic E-state index is 4.95. The molecule has 0 saturated carbocycles. The van der Waals surface area contributed by atoms with Crippen molar-refractivity contribution in [3.05, 3.63) is 66.0 Å². The number of rotatable bonds is 13. The Labute approximate surface area is 171 Å². The van der Waals surface area contributed by atoms with Crippen LogP contribution in [0.4, 0.5) is 0 Å². The van der Waals surface area contributed by atoms with Gasteiger partial charge in [0, 0.05) is 13.0 Å². The van der Waals surface area contributed by atoms with Crippen molar-refractivity contribution in [2.75, 3.05) is 0 Å². The van der Waals surface area contributed by atoms with E-state index in [2.05, 4.69) is 66.1 Å². The number of hydrogen-bond donors (Lipinski definition) is 0. The summed E-state index contributed by atoms with van der Waals surface area (Å²) in [5, 5.41) is 0. The summed E-state index contributed by atoms with van der Waals surface area (Å²) in [7, 11) is 0. The van der Waals surface area contributed by atoms with E-state index in [1.807, 2.05) is 0 Å². The smallest absolute Gasteiger partial charge is 0.110 e. The van der Waals surface area contributed by atoms with Crippen LogP contribution in [0, 0.1) is 0 Å². The highest BCUT2D eigenvalue weighted by Crippen LogP contribution is 2.19. The molecule has 0 bridgehead atoms. The first kappa shape index (κ1) is 20.6. The highest BCUT2D eigenvalue weighted by molar-refractivity contribution is 5.75. The first-order valence-corrected chi connectivity index (χ1v) is 11.4. The zero-order chi connectivity index (χ0) is 19.4. The van der Waals surface area contributed by atoms with Gasteiger partial charge in [0.05, 0.1) is 11.0 Å². The summed E-state index contributed by atoms with van der Waals surface area (Å²) in [6, 6.07) is 19.4. The topological polar surface area (TPSA) is 17.8 Å². The van der Waals surface area contributed by atoms with E-state index >= 15 is 0 Å². The SMILES string of the molecule is CCCCCCCCCCCn1c(CCc2ccccc2)nc2ccccc21. The van der Waals surface area contributed by atoms with Crippen molar-refractivity contribution in [1.82, 2.24) is 9.55 Å². The zero-order valence-electron chi connectivity index (χ0n) is 17.6. The second-order valence-corrected chi connectivity index (χ2v) is 7.98. The Kier molecular flexibility index (Phi) is 8.61. The Morgan fingerprint density at radius 2 is 1.32 bits per heavy atom. The van der Waals surface area contributed by atoms with Gasteiger partial charge in [-0.05, 0) is 30.5 Å². The molecule has 0 amide bonds. The van der Waals surface area contributed by atoms with Gasteiger partial charge >= 0.3 is 0 Å². The van der Waals surface area contributed by atoms with Crippen LogP contribution in [0.2, 0.25) is 0 Å². The molecule has 2 heteroatoms. The molecule has 0 atom stereocenters. The molecule has 2 aromatic carbocycles. The van der Waals surface area contributed by atoms with Gasteiger partial charge in [0.2, 0.25) is 0 Å². The first-order chi connectivity index (χ1) is 13.9. The number of imidazole rings is 1. The van der Waals surface area contributed by atoms with Gasteiger partial charge in [-0.15, -0.1) is 0 Å². The quantitative estimate of drug-likeness (QED) is 0.285. The normalized spacial score (nSPS) is 11.3. The molecule has 0 fully saturated rings. The Balaban J connectivity index is 1.51. The molecule has 3 aromatic rings. The molecule has 0 N–H and O–H groups in total. The third-order valence-corrected chi connectivity index (χ3v) is 5.70. The van der Waals surface area contributed by atoms with Gasteiger partial charge in [-0.2, -0.15) is 0 Å². The van der Waals surface area contributed by atoms with Crippen molar-refractivity contribution in [1.29, 1.82) is 0 Å². The average molecular weight is 377 g/mol. The summed E-state index contributed by atoms with van der Waals surface area (Å²) in [5.74, 6) is 1.24. The van der Waals surface area contributed by atoms with Crippen LogP contribution in [-0.2, 0) is 19.4 Å². The third-order valence-electron chi connectivity index (χ3n) is 5.70. The van der Waals surface area contributed by atoms with E-state index in [1.54, 1.807) is 0 Å². The van der Waals surface area contributed by atoms with E-state index in [0.717, 1.165) is 24.9 Å². The van der Waals surface area contributed by atoms with Crippen LogP contribution in [0.3, 0.4) is 0 Å². The van der Waals surface area contributed by atoms with Crippen molar-refractivity contribution in [2.45, 2.75) is 84.1 Å². The Morgan fingerprint density at radius 3 is 2.07 bits per heavy atom. The van der Waals surface area contributed by atoms with Gasteiger partial charge in [-0.1, -0.05) is 101 Å². The first-order valence-electron chi connectivity index (χ1n) is 11.4. The summed E-state index contributed by atoms with van der Waals surface area (Å²) < 4.78 is 2.47. The molecule has 2 nitrogen and oxygen atoms in total. The predicted molar refractivity (Wildman–Crippen MR) is 121 cm³/mol. The lowest BCUT2D eigenvalue weighted by molar-refractivity contribution is 0.535. The molecule has 150 valence electrons. The van der Waals surface area contributed by atoms with Crippen LogP contribution in [0.5, 0.6) is 0 Å². The van der Waals surface area contributed by atoms with E-state index < -0.39 is 0 Å². The maximum atomic E-state index is 4.95. The van der Waals surface area contributed by atoms with E-state index in [4.69, 9.17) is 4.98 Å². The number of aromatic nitrogens is 2. The number of para-hydroxylation sites is 2. The lowest BCUT2D eigenvalue weighted by atomic mass is 10.1. The van der Waals surface area contributed by atoms with Crippen molar-refractivity contribution >= 4 is 11.0 Å². The molecule has 0 aliphatic heterocycles. The van der Waals surface area contributed by atoms with Crippen LogP contribution in [0.1, 0.15) is 76.1 Å². The van der Waals surface area contributed by atoms with Crippen molar-refractivity contribution < 1.29 is 0 Å². The minimum atomic E-state index is 1.01. The molecule has 0 aliphatic carbocycles. The Bertz CT molecular complexity index is 804. The monoisotopic (exact) mass is 376 g/mol. The minimum absolute atomic E-state index is 1.01. The van der Waals surface area contributed by atoms with Gasteiger partial charge in [0.15, 0.2) is 0 Å². The minimum Gasteiger partial charge on any atom is -0.328 e. The van der Waals surface area contributed by atoms with Crippen LogP contribution in [0.25, 0.3) is 11.0 Å². The fourth-order valence-corrected chi connectivity index (χ4v) is 4.05. The molecule has 0 saturated heterocycles. The van der Waals surface area contributed by atoms with Crippen LogP contribution in [-0.4, -0.2) is 9.55 Å². The number of unbranched alkanes of at least 4 members (excludes halogenated alkanes) is 8. The van der Waals surface area contributed by atoms with Gasteiger partial charge in [0.25, 0.3) is 0 Å². The average Bonchev–Trinajstić information content (AvgIpc) is 3.09. The van der Waals surface area contributed by atoms with E-state index in [0.29, 0.717) is 0 Å². The zero-order valence-corrected chi connectivity index (χ0v) is 17.6. The van der Waals surface area contributed by atoms with Gasteiger partial charge in [0.1, 0.15) is 5.82 Å². The number of aryl methyl sites for hydroxylation is 3. The van der Waals surface area contributed by atoms with Gasteiger partial charge in [-0.3, -0.25) is 0 Å². The summed E-state index contributed by atoms with van der Waals surface area (Å²) >= 11 is 0. The summed E-state index contributed by atoms with van der Waals surface area (Å²) in [6.07, 6.45) is 14.4. The predicted octanol–water partition coefficient (Wildman–Crippen LogP) is 7.35. The number of hydrogen-bond acceptors (Lipinski definition) is 1. The largest absolute Gasteiger partial charge is 0.328 e. The lowest BCUT2D eigenvalue weighted by Gasteiger charge is -2.10. The van der Waals surface area contributed by atoms with E-state index in [9.17, 15) is 0 Å². The van der Waals surface area contributed by atoms with Crippen LogP contribution >= 0.6 is 0 Å². The second kappa shape index (κ2) is 11.7. The van der Waals surface area contributed by atoms with Crippen molar-refractivity contribution in [3.63, 3.8) is 0 Å². The molecular formula is C26H36N2. The van der Waals surface area contributed by atoms with Crippen molar-refractivity contribution in [3.8, 4) is 0 Å². The van der Waals surface area contributed by atoms with E-state index in [-0.39, 0.29) is 0 Å². The molecule has 28 heavy (non-hydrogen) atoms. The highest BCUT2D eigenvalue weighted by atomic mass is 15.1. The van der Waals surface area contributed by atoms with Crippen LogP contribution in [0.15, 0.2) is 54.6 Å². The van der Waals surface area contributed by atoms with E-state index in [1.165, 1.54) is 74.7 Å². The Hall–Kier alpha value is -2.09. The number of fused-ring (bicyclic) bond motifs is 1. The molecule has 3 rings (SSSR count). The number of benzene rings is 2. The molecule has 0 spiro atoms. The molecular weight excluding hydrogens is 340 g/mol. The molecule has 1 heterocycles. The summed E-state index contributed by atoms with van der Waals surface area (Å²) in [5.41, 5.74) is 3.83. The maximum Gasteiger partial charge on any atom is 0.110 e. The lowest BCUT2D eigenvalue weighted by Crippen LogP contribution is -2.06. The fourth-order valence-electron chi connectivity index (χ4n) is 4.05. The van der Waals surface area contributed by atoms with Gasteiger partial charge in [-0.25, -0.2) is 4.98 Å². The Morgan fingerprint density at radius 1 is 0.679 bits per heavy atom. The number of nitrogens with zero attached hydrogens (tertiary/aromatic N) is 2. The van der Waals surface area contributed by atoms with Crippen LogP contribution < -0.4 is 0 Å². The second-order valence-electron chi connectivity index (χ2n) is 7.98. The molecule has 0 aliphatic rings. The van der Waals surface area contributed by atoms with Gasteiger partial charge < -0.3 is 4.57 Å². The fraction of sp³-hybridized carbons (Fsp3) is 0.500. The molecule has 1 aromatic heterocycles. The van der Waals surface area contributed by atoms with Crippen molar-refractivity contribution in [2.24, 2.45) is 0 Å². The molecule has 0 radical (unpaired) electrons. The molecule has 0 unspecified atom stereocenters. The highest BCUT2D eigenvalue weighted by Gasteiger charge is 2.10. The standard InChI is InChI=1S/C26H36N2/c1-2-3-4-5-6-7-8-9-15-22-28-25-19-14-13-18-24(25)27-26(28)21-20-23-16-11-10-12-17-23/h10-14,16-19H,2-9,15,20-22H2,1H3. The third kappa shape index (κ3) is 6.22. The summed E-state index contributed by atoms with van der Waals surface area (Å²) in [6.45, 7) is 3.38.